The van der Waals surface area contributed by atoms with Crippen molar-refractivity contribution in [3.63, 3.8) is 0 Å². The molecule has 8 nitrogen and oxygen atoms in total. The highest BCUT2D eigenvalue weighted by Gasteiger charge is 2.22. The molecule has 0 spiro atoms. The van der Waals surface area contributed by atoms with E-state index >= 15 is 0 Å². The molecule has 162 valence electrons. The molecule has 1 unspecified atom stereocenters. The van der Waals surface area contributed by atoms with E-state index in [-0.39, 0.29) is 11.6 Å². The summed E-state index contributed by atoms with van der Waals surface area (Å²) in [5.74, 6) is -0.287. The maximum absolute atomic E-state index is 14.4. The number of carbonyl (C=O) groups excluding carboxylic acids is 2. The molecule has 10 heteroatoms. The monoisotopic (exact) mass is 442 g/mol. The van der Waals surface area contributed by atoms with Crippen molar-refractivity contribution in [2.75, 3.05) is 17.3 Å². The van der Waals surface area contributed by atoms with Crippen LogP contribution in [0.4, 0.5) is 10.1 Å². The summed E-state index contributed by atoms with van der Waals surface area (Å²) in [7, 11) is 0. The molecule has 0 aliphatic carbocycles. The predicted octanol–water partition coefficient (Wildman–Crippen LogP) is 2.91. The molecule has 2 N–H and O–H groups in total. The number of hydrogen-bond acceptors (Lipinski definition) is 6. The van der Waals surface area contributed by atoms with Crippen LogP contribution in [0.3, 0.4) is 0 Å². The number of tetrazole rings is 1. The fourth-order valence-corrected chi connectivity index (χ4v) is 3.43. The number of aryl methyl sites for hydroxylation is 2. The highest BCUT2D eigenvalue weighted by atomic mass is 32.2. The van der Waals surface area contributed by atoms with Gasteiger partial charge in [-0.15, -0.1) is 5.10 Å². The lowest BCUT2D eigenvalue weighted by Gasteiger charge is -2.19. The van der Waals surface area contributed by atoms with Crippen LogP contribution in [0.25, 0.3) is 5.69 Å². The summed E-state index contributed by atoms with van der Waals surface area (Å²) in [6.45, 7) is 3.59. The molecule has 0 aliphatic rings. The third-order valence-electron chi connectivity index (χ3n) is 4.59. The summed E-state index contributed by atoms with van der Waals surface area (Å²) in [4.78, 5) is 25.6. The number of nitrogens with one attached hydrogen (secondary N) is 2. The van der Waals surface area contributed by atoms with Gasteiger partial charge in [0.15, 0.2) is 5.82 Å². The Morgan fingerprint density at radius 3 is 2.68 bits per heavy atom. The van der Waals surface area contributed by atoms with Crippen molar-refractivity contribution in [2.24, 2.45) is 0 Å². The summed E-state index contributed by atoms with van der Waals surface area (Å²) >= 11 is 1.55. The highest BCUT2D eigenvalue weighted by Crippen LogP contribution is 2.20. The van der Waals surface area contributed by atoms with Crippen LogP contribution in [-0.2, 0) is 4.79 Å². The second-order valence-electron chi connectivity index (χ2n) is 6.97. The second kappa shape index (κ2) is 10.2. The van der Waals surface area contributed by atoms with Gasteiger partial charge in [0.05, 0.1) is 11.4 Å². The summed E-state index contributed by atoms with van der Waals surface area (Å²) in [5, 5.41) is 16.6. The Morgan fingerprint density at radius 1 is 1.19 bits per heavy atom. The zero-order valence-electron chi connectivity index (χ0n) is 17.4. The van der Waals surface area contributed by atoms with Crippen LogP contribution in [0.2, 0.25) is 0 Å². The zero-order chi connectivity index (χ0) is 22.4. The SMILES string of the molecule is CSCCC(NC(=O)c1cccc(C)c1)C(=O)Nc1cc(-n2nnnc2C)ccc1F. The quantitative estimate of drug-likeness (QED) is 0.556. The third-order valence-corrected chi connectivity index (χ3v) is 5.23. The van der Waals surface area contributed by atoms with Crippen molar-refractivity contribution in [2.45, 2.75) is 26.3 Å². The average Bonchev–Trinajstić information content (AvgIpc) is 3.18. The van der Waals surface area contributed by atoms with Crippen molar-refractivity contribution in [3.05, 3.63) is 65.2 Å². The second-order valence-corrected chi connectivity index (χ2v) is 7.95. The maximum Gasteiger partial charge on any atom is 0.251 e. The van der Waals surface area contributed by atoms with E-state index in [0.29, 0.717) is 29.2 Å². The molecule has 0 radical (unpaired) electrons. The number of benzene rings is 2. The van der Waals surface area contributed by atoms with Gasteiger partial charge in [-0.2, -0.15) is 16.4 Å². The molecule has 0 aliphatic heterocycles. The number of carbonyl (C=O) groups is 2. The normalized spacial score (nSPS) is 11.7. The van der Waals surface area contributed by atoms with Crippen molar-refractivity contribution < 1.29 is 14.0 Å². The fraction of sp³-hybridized carbons (Fsp3) is 0.286. The minimum Gasteiger partial charge on any atom is -0.340 e. The first-order valence-corrected chi connectivity index (χ1v) is 11.0. The van der Waals surface area contributed by atoms with E-state index in [1.54, 1.807) is 36.9 Å². The van der Waals surface area contributed by atoms with Gasteiger partial charge in [0.1, 0.15) is 11.9 Å². The number of amides is 2. The van der Waals surface area contributed by atoms with E-state index in [1.165, 1.54) is 22.9 Å². The molecule has 0 saturated heterocycles. The van der Waals surface area contributed by atoms with E-state index in [0.717, 1.165) is 5.56 Å². The van der Waals surface area contributed by atoms with Crippen LogP contribution in [0.15, 0.2) is 42.5 Å². The summed E-state index contributed by atoms with van der Waals surface area (Å²) < 4.78 is 15.8. The van der Waals surface area contributed by atoms with Crippen molar-refractivity contribution in [3.8, 4) is 5.69 Å². The van der Waals surface area contributed by atoms with Gasteiger partial charge >= 0.3 is 0 Å². The van der Waals surface area contributed by atoms with Crippen LogP contribution in [-0.4, -0.2) is 50.1 Å². The molecule has 2 aromatic carbocycles. The van der Waals surface area contributed by atoms with Gasteiger partial charge in [-0.25, -0.2) is 4.39 Å². The number of hydrogen-bond donors (Lipinski definition) is 2. The number of rotatable bonds is 8. The van der Waals surface area contributed by atoms with Crippen LogP contribution < -0.4 is 10.6 Å². The number of aromatic nitrogens is 4. The topological polar surface area (TPSA) is 102 Å². The Balaban J connectivity index is 1.79. The van der Waals surface area contributed by atoms with E-state index in [2.05, 4.69) is 26.2 Å². The number of halogens is 1. The minimum atomic E-state index is -0.821. The molecule has 3 rings (SSSR count). The number of nitrogens with zero attached hydrogens (tertiary/aromatic N) is 4. The van der Waals surface area contributed by atoms with E-state index < -0.39 is 17.8 Å². The molecular formula is C21H23FN6O2S. The van der Waals surface area contributed by atoms with Crippen LogP contribution in [0, 0.1) is 19.7 Å². The summed E-state index contributed by atoms with van der Waals surface area (Å²) in [5.41, 5.74) is 1.89. The Kier molecular flexibility index (Phi) is 7.35. The Morgan fingerprint density at radius 2 is 2.00 bits per heavy atom. The van der Waals surface area contributed by atoms with Gasteiger partial charge in [-0.3, -0.25) is 9.59 Å². The summed E-state index contributed by atoms with van der Waals surface area (Å²) in [6.07, 6.45) is 2.31. The van der Waals surface area contributed by atoms with Gasteiger partial charge < -0.3 is 10.6 Å². The molecule has 0 bridgehead atoms. The number of anilines is 1. The lowest BCUT2D eigenvalue weighted by Crippen LogP contribution is -2.44. The number of thioether (sulfide) groups is 1. The van der Waals surface area contributed by atoms with Gasteiger partial charge in [-0.1, -0.05) is 17.7 Å². The molecule has 0 fully saturated rings. The largest absolute Gasteiger partial charge is 0.340 e. The highest BCUT2D eigenvalue weighted by molar-refractivity contribution is 7.98. The first kappa shape index (κ1) is 22.4. The lowest BCUT2D eigenvalue weighted by atomic mass is 10.1. The van der Waals surface area contributed by atoms with Crippen LogP contribution in [0.5, 0.6) is 0 Å². The standard InChI is InChI=1S/C21H23FN6O2S/c1-13-5-4-6-15(11-13)20(29)23-18(9-10-31-3)21(30)24-19-12-16(7-8-17(19)22)28-14(2)25-26-27-28/h4-8,11-12,18H,9-10H2,1-3H3,(H,23,29)(H,24,30). The molecule has 31 heavy (non-hydrogen) atoms. The third kappa shape index (κ3) is 5.66. The zero-order valence-corrected chi connectivity index (χ0v) is 18.2. The van der Waals surface area contributed by atoms with Gasteiger partial charge in [-0.05, 0) is 73.0 Å². The lowest BCUT2D eigenvalue weighted by molar-refractivity contribution is -0.118. The van der Waals surface area contributed by atoms with Crippen molar-refractivity contribution in [1.29, 1.82) is 0 Å². The van der Waals surface area contributed by atoms with Gasteiger partial charge in [0.2, 0.25) is 5.91 Å². The molecule has 2 amide bonds. The molecular weight excluding hydrogens is 419 g/mol. The summed E-state index contributed by atoms with van der Waals surface area (Å²) in [6, 6.07) is 10.5. The van der Waals surface area contributed by atoms with Crippen LogP contribution >= 0.6 is 11.8 Å². The fourth-order valence-electron chi connectivity index (χ4n) is 2.96. The Bertz CT molecular complexity index is 1090. The molecule has 1 aromatic heterocycles. The van der Waals surface area contributed by atoms with E-state index in [4.69, 9.17) is 0 Å². The minimum absolute atomic E-state index is 0.0173. The Hall–Kier alpha value is -3.27. The van der Waals surface area contributed by atoms with E-state index in [9.17, 15) is 14.0 Å². The van der Waals surface area contributed by atoms with E-state index in [1.807, 2.05) is 19.2 Å². The Labute approximate surface area is 183 Å². The van der Waals surface area contributed by atoms with Gasteiger partial charge in [0, 0.05) is 5.56 Å². The van der Waals surface area contributed by atoms with Crippen molar-refractivity contribution >= 4 is 29.3 Å². The first-order chi connectivity index (χ1) is 14.9. The molecule has 1 atom stereocenters. The first-order valence-electron chi connectivity index (χ1n) is 9.61. The average molecular weight is 443 g/mol. The van der Waals surface area contributed by atoms with Crippen LogP contribution in [0.1, 0.15) is 28.2 Å². The van der Waals surface area contributed by atoms with Crippen molar-refractivity contribution in [1.82, 2.24) is 25.5 Å². The maximum atomic E-state index is 14.4. The van der Waals surface area contributed by atoms with Gasteiger partial charge in [0.25, 0.3) is 5.91 Å². The molecule has 1 heterocycles. The predicted molar refractivity (Wildman–Crippen MR) is 118 cm³/mol. The smallest absolute Gasteiger partial charge is 0.251 e. The molecule has 3 aromatic rings. The molecule has 0 saturated carbocycles.